The lowest BCUT2D eigenvalue weighted by Gasteiger charge is -2.29. The Bertz CT molecular complexity index is 1150. The molecule has 1 aromatic heterocycles. The van der Waals surface area contributed by atoms with E-state index in [0.717, 1.165) is 10.00 Å². The van der Waals surface area contributed by atoms with Gasteiger partial charge in [0.2, 0.25) is 10.0 Å². The molecule has 2 aromatic rings. The lowest BCUT2D eigenvalue weighted by atomic mass is 9.75. The molecule has 1 aromatic carbocycles. The van der Waals surface area contributed by atoms with E-state index in [1.807, 2.05) is 6.92 Å². The molecule has 1 aliphatic carbocycles. The van der Waals surface area contributed by atoms with E-state index < -0.39 is 15.9 Å². The molecule has 0 spiro atoms. The van der Waals surface area contributed by atoms with Crippen LogP contribution in [0.4, 0.5) is 5.69 Å². The highest BCUT2D eigenvalue weighted by Crippen LogP contribution is 2.37. The number of ketones is 1. The Morgan fingerprint density at radius 1 is 1.29 bits per heavy atom. The summed E-state index contributed by atoms with van der Waals surface area (Å²) in [5.41, 5.74) is 8.83. The number of amides is 1. The summed E-state index contributed by atoms with van der Waals surface area (Å²) in [5.74, 6) is -0.683. The summed E-state index contributed by atoms with van der Waals surface area (Å²) in [7, 11) is -0.454. The second-order valence-electron chi connectivity index (χ2n) is 8.88. The highest BCUT2D eigenvalue weighted by Gasteiger charge is 2.35. The van der Waals surface area contributed by atoms with Gasteiger partial charge in [0.1, 0.15) is 0 Å². The highest BCUT2D eigenvalue weighted by molar-refractivity contribution is 7.89. The Hall–Kier alpha value is -2.72. The number of benzene rings is 1. The smallest absolute Gasteiger partial charge is 0.250 e. The van der Waals surface area contributed by atoms with Crippen molar-refractivity contribution in [3.63, 3.8) is 0 Å². The molecule has 1 amide bonds. The quantitative estimate of drug-likeness (QED) is 0.665. The number of carbonyl (C=O) groups excluding carboxylic acids is 2. The number of carbonyl (C=O) groups is 2. The highest BCUT2D eigenvalue weighted by atomic mass is 32.2. The molecule has 3 rings (SSSR count). The van der Waals surface area contributed by atoms with Crippen LogP contribution >= 0.6 is 0 Å². The minimum absolute atomic E-state index is 0.0796. The molecule has 1 heterocycles. The summed E-state index contributed by atoms with van der Waals surface area (Å²) in [5, 5.41) is 7.60. The van der Waals surface area contributed by atoms with Gasteiger partial charge in [-0.25, -0.2) is 17.4 Å². The monoisotopic (exact) mass is 447 g/mol. The molecule has 31 heavy (non-hydrogen) atoms. The molecule has 9 nitrogen and oxygen atoms in total. The van der Waals surface area contributed by atoms with Gasteiger partial charge in [0.05, 0.1) is 34.0 Å². The van der Waals surface area contributed by atoms with Crippen LogP contribution in [0.3, 0.4) is 0 Å². The molecular weight excluding hydrogens is 418 g/mol. The summed E-state index contributed by atoms with van der Waals surface area (Å²) in [4.78, 5) is 24.6. The van der Waals surface area contributed by atoms with Gasteiger partial charge >= 0.3 is 0 Å². The molecule has 0 saturated heterocycles. The van der Waals surface area contributed by atoms with E-state index >= 15 is 0 Å². The number of fused-ring (bicyclic) bond motifs is 1. The van der Waals surface area contributed by atoms with E-state index in [-0.39, 0.29) is 29.1 Å². The third-order valence-corrected chi connectivity index (χ3v) is 7.30. The number of anilines is 1. The molecule has 0 aliphatic heterocycles. The lowest BCUT2D eigenvalue weighted by molar-refractivity contribution is 0.0909. The second kappa shape index (κ2) is 8.08. The number of aromatic nitrogens is 2. The van der Waals surface area contributed by atoms with Crippen LogP contribution in [0.25, 0.3) is 5.69 Å². The number of rotatable bonds is 7. The SMILES string of the molecule is Cc1nn(-c2ccc(C(N)=O)c(NCCS(=O)(=O)N(C)C)c2)c2c1C(=O)CC(C)(C)C2. The number of primary amides is 1. The van der Waals surface area contributed by atoms with Crippen molar-refractivity contribution >= 4 is 27.4 Å². The zero-order valence-electron chi connectivity index (χ0n) is 18.5. The first-order valence-electron chi connectivity index (χ1n) is 10.0. The normalized spacial score (nSPS) is 15.7. The summed E-state index contributed by atoms with van der Waals surface area (Å²) in [6.45, 7) is 6.02. The van der Waals surface area contributed by atoms with Crippen molar-refractivity contribution in [2.24, 2.45) is 11.1 Å². The first kappa shape index (κ1) is 23.0. The first-order valence-corrected chi connectivity index (χ1v) is 11.6. The minimum atomic E-state index is -3.39. The molecular formula is C21H29N5O4S. The molecule has 0 saturated carbocycles. The standard InChI is InChI=1S/C21H29N5O4S/c1-13-19-17(11-21(2,3)12-18(19)27)26(24-13)14-6-7-15(20(22)28)16(10-14)23-8-9-31(29,30)25(4)5/h6-7,10,23H,8-9,11-12H2,1-5H3,(H2,22,28). The number of hydrogen-bond acceptors (Lipinski definition) is 6. The number of Topliss-reactive ketones (excluding diaryl/α,β-unsaturated/α-hetero) is 1. The van der Waals surface area contributed by atoms with Crippen LogP contribution < -0.4 is 11.1 Å². The molecule has 0 bridgehead atoms. The van der Waals surface area contributed by atoms with Gasteiger partial charge in [-0.1, -0.05) is 13.8 Å². The molecule has 10 heteroatoms. The number of nitrogens with two attached hydrogens (primary N) is 1. The zero-order valence-corrected chi connectivity index (χ0v) is 19.3. The predicted molar refractivity (Wildman–Crippen MR) is 119 cm³/mol. The van der Waals surface area contributed by atoms with Gasteiger partial charge in [0, 0.05) is 32.7 Å². The maximum atomic E-state index is 12.7. The van der Waals surface area contributed by atoms with E-state index in [2.05, 4.69) is 24.3 Å². The third kappa shape index (κ3) is 4.64. The minimum Gasteiger partial charge on any atom is -0.383 e. The Morgan fingerprint density at radius 2 is 1.97 bits per heavy atom. The fourth-order valence-corrected chi connectivity index (χ4v) is 4.60. The Kier molecular flexibility index (Phi) is 5.98. The van der Waals surface area contributed by atoms with Crippen molar-refractivity contribution in [1.29, 1.82) is 0 Å². The Labute approximate surface area is 182 Å². The van der Waals surface area contributed by atoms with Gasteiger partial charge in [0.25, 0.3) is 5.91 Å². The summed E-state index contributed by atoms with van der Waals surface area (Å²) >= 11 is 0. The van der Waals surface area contributed by atoms with Gasteiger partial charge < -0.3 is 11.1 Å². The summed E-state index contributed by atoms with van der Waals surface area (Å²) in [6.07, 6.45) is 1.16. The van der Waals surface area contributed by atoms with Gasteiger partial charge in [-0.3, -0.25) is 9.59 Å². The zero-order chi connectivity index (χ0) is 23.1. The van der Waals surface area contributed by atoms with Crippen LogP contribution in [0.5, 0.6) is 0 Å². The van der Waals surface area contributed by atoms with Gasteiger partial charge in [-0.15, -0.1) is 0 Å². The number of aryl methyl sites for hydroxylation is 1. The van der Waals surface area contributed by atoms with Gasteiger partial charge in [-0.05, 0) is 37.0 Å². The lowest BCUT2D eigenvalue weighted by Crippen LogP contribution is -2.29. The number of sulfonamides is 1. The Balaban J connectivity index is 1.99. The summed E-state index contributed by atoms with van der Waals surface area (Å²) < 4.78 is 26.9. The predicted octanol–water partition coefficient (Wildman–Crippen LogP) is 1.74. The van der Waals surface area contributed by atoms with Crippen molar-refractivity contribution in [3.8, 4) is 5.69 Å². The fraction of sp³-hybridized carbons (Fsp3) is 0.476. The van der Waals surface area contributed by atoms with E-state index in [0.29, 0.717) is 35.5 Å². The maximum Gasteiger partial charge on any atom is 0.250 e. The first-order chi connectivity index (χ1) is 14.3. The van der Waals surface area contributed by atoms with Crippen LogP contribution in [0.15, 0.2) is 18.2 Å². The van der Waals surface area contributed by atoms with Gasteiger partial charge in [-0.2, -0.15) is 5.10 Å². The molecule has 3 N–H and O–H groups in total. The summed E-state index contributed by atoms with van der Waals surface area (Å²) in [6, 6.07) is 5.02. The van der Waals surface area contributed by atoms with Crippen LogP contribution in [0.1, 0.15) is 52.4 Å². The molecule has 0 radical (unpaired) electrons. The average molecular weight is 448 g/mol. The molecule has 0 unspecified atom stereocenters. The van der Waals surface area contributed by atoms with E-state index in [1.165, 1.54) is 14.1 Å². The second-order valence-corrected chi connectivity index (χ2v) is 11.2. The van der Waals surface area contributed by atoms with Gasteiger partial charge in [0.15, 0.2) is 5.78 Å². The van der Waals surface area contributed by atoms with Crippen molar-refractivity contribution in [2.45, 2.75) is 33.6 Å². The van der Waals surface area contributed by atoms with E-state index in [1.54, 1.807) is 22.9 Å². The van der Waals surface area contributed by atoms with Crippen molar-refractivity contribution < 1.29 is 18.0 Å². The van der Waals surface area contributed by atoms with Crippen LogP contribution in [0.2, 0.25) is 0 Å². The molecule has 0 fully saturated rings. The van der Waals surface area contributed by atoms with Crippen LogP contribution in [-0.4, -0.2) is 60.6 Å². The molecule has 0 atom stereocenters. The number of nitrogens with zero attached hydrogens (tertiary/aromatic N) is 3. The Morgan fingerprint density at radius 3 is 2.58 bits per heavy atom. The maximum absolute atomic E-state index is 12.7. The fourth-order valence-electron chi connectivity index (χ4n) is 3.88. The largest absolute Gasteiger partial charge is 0.383 e. The molecule has 168 valence electrons. The number of nitrogens with one attached hydrogen (secondary N) is 1. The van der Waals surface area contributed by atoms with E-state index in [4.69, 9.17) is 5.73 Å². The molecule has 1 aliphatic rings. The average Bonchev–Trinajstić information content (AvgIpc) is 2.96. The van der Waals surface area contributed by atoms with E-state index in [9.17, 15) is 18.0 Å². The topological polar surface area (TPSA) is 127 Å². The van der Waals surface area contributed by atoms with Crippen molar-refractivity contribution in [2.75, 3.05) is 31.7 Å². The number of hydrogen-bond donors (Lipinski definition) is 2. The van der Waals surface area contributed by atoms with Crippen LogP contribution in [-0.2, 0) is 16.4 Å². The third-order valence-electron chi connectivity index (χ3n) is 5.46. The van der Waals surface area contributed by atoms with Crippen molar-refractivity contribution in [1.82, 2.24) is 14.1 Å². The van der Waals surface area contributed by atoms with Crippen LogP contribution in [0, 0.1) is 12.3 Å². The van der Waals surface area contributed by atoms with Crippen molar-refractivity contribution in [3.05, 3.63) is 40.7 Å².